The number of piperidine rings is 1. The number of hydrogen-bond donors (Lipinski definition) is 3. The monoisotopic (exact) mass is 360 g/mol. The van der Waals surface area contributed by atoms with Gasteiger partial charge in [0, 0.05) is 44.8 Å². The third-order valence-corrected chi connectivity index (χ3v) is 4.74. The number of nitrogens with zero attached hydrogens (tertiary/aromatic N) is 1. The summed E-state index contributed by atoms with van der Waals surface area (Å²) in [5, 5.41) is 5.56. The van der Waals surface area contributed by atoms with Crippen molar-refractivity contribution < 1.29 is 19.1 Å². The minimum atomic E-state index is -0.594. The van der Waals surface area contributed by atoms with E-state index in [-0.39, 0.29) is 24.3 Å². The molecule has 140 valence electrons. The maximum absolute atomic E-state index is 12.9. The van der Waals surface area contributed by atoms with Crippen LogP contribution in [0.15, 0.2) is 18.2 Å². The predicted octanol–water partition coefficient (Wildman–Crippen LogP) is -0.489. The molecule has 2 aliphatic heterocycles. The lowest BCUT2D eigenvalue weighted by molar-refractivity contribution is -0.136. The Hall–Kier alpha value is -2.29. The van der Waals surface area contributed by atoms with Crippen molar-refractivity contribution in [1.82, 2.24) is 15.5 Å². The third kappa shape index (κ3) is 3.77. The first-order valence-corrected chi connectivity index (χ1v) is 8.72. The molecule has 2 heterocycles. The Morgan fingerprint density at radius 2 is 2.19 bits per heavy atom. The number of nitrogens with one attached hydrogen (secondary N) is 2. The van der Waals surface area contributed by atoms with Crippen LogP contribution in [0, 0.1) is 0 Å². The Morgan fingerprint density at radius 1 is 1.38 bits per heavy atom. The van der Waals surface area contributed by atoms with Gasteiger partial charge in [-0.05, 0) is 17.5 Å². The predicted molar refractivity (Wildman–Crippen MR) is 94.0 cm³/mol. The van der Waals surface area contributed by atoms with Gasteiger partial charge in [-0.15, -0.1) is 0 Å². The number of fused-ring (bicyclic) bond motifs is 1. The Bertz CT molecular complexity index is 721. The van der Waals surface area contributed by atoms with Crippen LogP contribution in [0.5, 0.6) is 0 Å². The van der Waals surface area contributed by atoms with E-state index in [4.69, 9.17) is 10.5 Å². The van der Waals surface area contributed by atoms with E-state index < -0.39 is 11.9 Å². The molecule has 0 spiro atoms. The lowest BCUT2D eigenvalue weighted by Gasteiger charge is -2.29. The number of rotatable bonds is 7. The van der Waals surface area contributed by atoms with Crippen molar-refractivity contribution in [3.05, 3.63) is 34.9 Å². The molecule has 0 bridgehead atoms. The van der Waals surface area contributed by atoms with Gasteiger partial charge in [0.15, 0.2) is 0 Å². The van der Waals surface area contributed by atoms with E-state index >= 15 is 0 Å². The third-order valence-electron chi connectivity index (χ3n) is 4.74. The number of benzene rings is 1. The van der Waals surface area contributed by atoms with Crippen molar-refractivity contribution in [2.45, 2.75) is 38.0 Å². The van der Waals surface area contributed by atoms with Crippen molar-refractivity contribution in [2.24, 2.45) is 5.73 Å². The van der Waals surface area contributed by atoms with Gasteiger partial charge < -0.3 is 20.7 Å². The van der Waals surface area contributed by atoms with E-state index in [9.17, 15) is 14.4 Å². The number of methoxy groups -OCH3 is 1. The summed E-state index contributed by atoms with van der Waals surface area (Å²) in [6.07, 6.45) is 0.617. The molecule has 0 aliphatic carbocycles. The molecule has 8 nitrogen and oxygen atoms in total. The number of nitrogens with two attached hydrogens (primary N) is 1. The molecule has 2 unspecified atom stereocenters. The summed E-state index contributed by atoms with van der Waals surface area (Å²) in [6, 6.07) is 5.00. The van der Waals surface area contributed by atoms with Crippen LogP contribution in [0.2, 0.25) is 0 Å². The highest BCUT2D eigenvalue weighted by atomic mass is 16.5. The minimum Gasteiger partial charge on any atom is -0.383 e. The molecule has 8 heteroatoms. The van der Waals surface area contributed by atoms with Gasteiger partial charge in [0.05, 0.1) is 6.61 Å². The van der Waals surface area contributed by atoms with Crippen LogP contribution in [-0.4, -0.2) is 55.0 Å². The van der Waals surface area contributed by atoms with E-state index in [1.807, 2.05) is 18.2 Å². The normalized spacial score (nSPS) is 20.9. The first-order valence-electron chi connectivity index (χ1n) is 8.72. The van der Waals surface area contributed by atoms with E-state index in [0.717, 1.165) is 11.1 Å². The summed E-state index contributed by atoms with van der Waals surface area (Å²) in [5.41, 5.74) is 8.33. The summed E-state index contributed by atoms with van der Waals surface area (Å²) in [5.74, 6) is -0.839. The minimum absolute atomic E-state index is 0.118. The molecular weight excluding hydrogens is 336 g/mol. The second-order valence-electron chi connectivity index (χ2n) is 6.70. The van der Waals surface area contributed by atoms with Crippen molar-refractivity contribution in [2.75, 3.05) is 20.3 Å². The van der Waals surface area contributed by atoms with Crippen LogP contribution < -0.4 is 16.4 Å². The zero-order valence-electron chi connectivity index (χ0n) is 14.8. The van der Waals surface area contributed by atoms with Crippen LogP contribution in [-0.2, 0) is 27.4 Å². The SMILES string of the molecule is COCC(N)CNCc1cccc2c1C(=O)N(C1CCC(=O)NC1=O)C2. The van der Waals surface area contributed by atoms with Crippen molar-refractivity contribution >= 4 is 17.7 Å². The van der Waals surface area contributed by atoms with Gasteiger partial charge in [-0.1, -0.05) is 18.2 Å². The lowest BCUT2D eigenvalue weighted by Crippen LogP contribution is -2.52. The second kappa shape index (κ2) is 7.94. The molecule has 26 heavy (non-hydrogen) atoms. The van der Waals surface area contributed by atoms with Crippen molar-refractivity contribution in [1.29, 1.82) is 0 Å². The molecule has 0 aromatic heterocycles. The van der Waals surface area contributed by atoms with Gasteiger partial charge in [0.25, 0.3) is 5.91 Å². The first-order chi connectivity index (χ1) is 12.5. The molecule has 0 saturated carbocycles. The highest BCUT2D eigenvalue weighted by Crippen LogP contribution is 2.29. The summed E-state index contributed by atoms with van der Waals surface area (Å²) in [6.45, 7) is 1.93. The Kier molecular flexibility index (Phi) is 5.65. The quantitative estimate of drug-likeness (QED) is 0.566. The van der Waals surface area contributed by atoms with E-state index in [1.54, 1.807) is 12.0 Å². The summed E-state index contributed by atoms with van der Waals surface area (Å²) in [7, 11) is 1.60. The van der Waals surface area contributed by atoms with Gasteiger partial charge in [0.1, 0.15) is 6.04 Å². The molecule has 3 amide bonds. The molecule has 1 fully saturated rings. The van der Waals surface area contributed by atoms with E-state index in [1.165, 1.54) is 0 Å². The Balaban J connectivity index is 1.70. The van der Waals surface area contributed by atoms with Crippen molar-refractivity contribution in [3.63, 3.8) is 0 Å². The van der Waals surface area contributed by atoms with Crippen LogP contribution in [0.4, 0.5) is 0 Å². The second-order valence-corrected chi connectivity index (χ2v) is 6.70. The van der Waals surface area contributed by atoms with Crippen molar-refractivity contribution in [3.8, 4) is 0 Å². The number of hydrogen-bond acceptors (Lipinski definition) is 6. The van der Waals surface area contributed by atoms with Crippen LogP contribution in [0.3, 0.4) is 0 Å². The molecule has 2 atom stereocenters. The van der Waals surface area contributed by atoms with Crippen LogP contribution in [0.25, 0.3) is 0 Å². The summed E-state index contributed by atoms with van der Waals surface area (Å²) < 4.78 is 5.01. The standard InChI is InChI=1S/C18H24N4O4/c1-26-10-13(19)8-20-7-11-3-2-4-12-9-22(18(25)16(11)12)14-5-6-15(23)21-17(14)24/h2-4,13-14,20H,5-10,19H2,1H3,(H,21,23,24). The van der Waals surface area contributed by atoms with Gasteiger partial charge in [-0.2, -0.15) is 0 Å². The van der Waals surface area contributed by atoms with Gasteiger partial charge >= 0.3 is 0 Å². The smallest absolute Gasteiger partial charge is 0.255 e. The lowest BCUT2D eigenvalue weighted by atomic mass is 10.0. The molecular formula is C18H24N4O4. The summed E-state index contributed by atoms with van der Waals surface area (Å²) >= 11 is 0. The molecule has 0 radical (unpaired) electrons. The summed E-state index contributed by atoms with van der Waals surface area (Å²) in [4.78, 5) is 38.0. The number of carbonyl (C=O) groups is 3. The fraction of sp³-hybridized carbons (Fsp3) is 0.500. The molecule has 1 aromatic carbocycles. The zero-order valence-corrected chi connectivity index (χ0v) is 14.8. The molecule has 1 saturated heterocycles. The fourth-order valence-electron chi connectivity index (χ4n) is 3.50. The van der Waals surface area contributed by atoms with Crippen LogP contribution in [0.1, 0.15) is 34.3 Å². The zero-order chi connectivity index (χ0) is 18.7. The molecule has 1 aromatic rings. The molecule has 4 N–H and O–H groups in total. The average Bonchev–Trinajstić information content (AvgIpc) is 2.93. The number of carbonyl (C=O) groups excluding carboxylic acids is 3. The maximum atomic E-state index is 12.9. The average molecular weight is 360 g/mol. The topological polar surface area (TPSA) is 114 Å². The Labute approximate surface area is 152 Å². The molecule has 2 aliphatic rings. The van der Waals surface area contributed by atoms with Gasteiger partial charge in [0.2, 0.25) is 11.8 Å². The fourth-order valence-corrected chi connectivity index (χ4v) is 3.50. The van der Waals surface area contributed by atoms with E-state index in [2.05, 4.69) is 10.6 Å². The first kappa shape index (κ1) is 18.5. The maximum Gasteiger partial charge on any atom is 0.255 e. The molecule has 3 rings (SSSR count). The number of amides is 3. The largest absolute Gasteiger partial charge is 0.383 e. The van der Waals surface area contributed by atoms with Gasteiger partial charge in [-0.3, -0.25) is 19.7 Å². The van der Waals surface area contributed by atoms with E-state index in [0.29, 0.717) is 38.2 Å². The van der Waals surface area contributed by atoms with Gasteiger partial charge in [-0.25, -0.2) is 0 Å². The highest BCUT2D eigenvalue weighted by molar-refractivity contribution is 6.05. The highest BCUT2D eigenvalue weighted by Gasteiger charge is 2.39. The van der Waals surface area contributed by atoms with Crippen LogP contribution >= 0.6 is 0 Å². The Morgan fingerprint density at radius 3 is 2.92 bits per heavy atom. The number of ether oxygens (including phenoxy) is 1. The number of imide groups is 1.